The zero-order chi connectivity index (χ0) is 28.7. The Morgan fingerprint density at radius 1 is 0.868 bits per heavy atom. The van der Waals surface area contributed by atoms with E-state index in [0.29, 0.717) is 22.0 Å². The summed E-state index contributed by atoms with van der Waals surface area (Å²) in [4.78, 5) is 21.6. The maximum atomic E-state index is 12.2. The highest BCUT2D eigenvalue weighted by Gasteiger charge is 2.26. The molecule has 0 fully saturated rings. The number of nitrogens with zero attached hydrogens (tertiary/aromatic N) is 1. The summed E-state index contributed by atoms with van der Waals surface area (Å²) in [7, 11) is 2.89. The number of ether oxygens (including phenoxy) is 2. The van der Waals surface area contributed by atoms with Gasteiger partial charge in [-0.2, -0.15) is 11.8 Å². The monoisotopic (exact) mass is 584 g/mol. The van der Waals surface area contributed by atoms with Gasteiger partial charge in [0.2, 0.25) is 0 Å². The van der Waals surface area contributed by atoms with E-state index < -0.39 is 20.1 Å². The molecule has 0 rings (SSSR count). The lowest BCUT2D eigenvalue weighted by Gasteiger charge is -2.24. The minimum absolute atomic E-state index is 0.0881. The Bertz CT molecular complexity index is 618. The molecule has 0 aliphatic carbocycles. The summed E-state index contributed by atoms with van der Waals surface area (Å²) in [6.45, 7) is 4.84. The number of rotatable bonds is 26. The quantitative estimate of drug-likeness (QED) is 0.0474. The lowest BCUT2D eigenvalue weighted by Crippen LogP contribution is -2.37. The second-order valence-electron chi connectivity index (χ2n) is 11.3. The predicted octanol–water partition coefficient (Wildman–Crippen LogP) is 7.97. The van der Waals surface area contributed by atoms with E-state index in [9.17, 15) is 14.3 Å². The molecule has 0 bridgehead atoms. The molecule has 0 aliphatic heterocycles. The fourth-order valence-corrected chi connectivity index (χ4v) is 5.71. The highest BCUT2D eigenvalue weighted by Crippen LogP contribution is 2.43. The van der Waals surface area contributed by atoms with Gasteiger partial charge in [0.05, 0.1) is 34.9 Å². The summed E-state index contributed by atoms with van der Waals surface area (Å²) in [6, 6.07) is 0. The number of unbranched alkanes of at least 4 members (excludes halogenated alkanes) is 13. The maximum Gasteiger partial charge on any atom is 0.508 e. The molecule has 0 aromatic heterocycles. The first-order chi connectivity index (χ1) is 18.0. The number of hydrogen-bond donors (Lipinski definition) is 1. The van der Waals surface area contributed by atoms with Crippen LogP contribution >= 0.6 is 19.6 Å². The van der Waals surface area contributed by atoms with Gasteiger partial charge < -0.3 is 18.9 Å². The molecule has 3 unspecified atom stereocenters. The number of phosphoric ester groups is 1. The molecular formula is C28H59NO7PS+. The summed E-state index contributed by atoms with van der Waals surface area (Å²) < 4.78 is 32.8. The summed E-state index contributed by atoms with van der Waals surface area (Å²) >= 11 is 1.67. The van der Waals surface area contributed by atoms with Gasteiger partial charge in [-0.25, -0.2) is 9.36 Å². The number of methoxy groups -OCH3 is 1. The van der Waals surface area contributed by atoms with Crippen molar-refractivity contribution in [3.8, 4) is 0 Å². The Morgan fingerprint density at radius 2 is 1.37 bits per heavy atom. The molecule has 0 radical (unpaired) electrons. The number of hydrogen-bond acceptors (Lipinski definition) is 7. The third-order valence-corrected chi connectivity index (χ3v) is 8.75. The molecule has 228 valence electrons. The molecule has 0 amide bonds. The van der Waals surface area contributed by atoms with Crippen molar-refractivity contribution in [1.82, 2.24) is 0 Å². The largest absolute Gasteiger partial charge is 0.508 e. The van der Waals surface area contributed by atoms with Crippen LogP contribution in [-0.4, -0.2) is 80.6 Å². The van der Waals surface area contributed by atoms with Gasteiger partial charge in [-0.15, -0.1) is 0 Å². The molecule has 0 aliphatic rings. The minimum atomic E-state index is -4.23. The molecule has 3 atom stereocenters. The molecule has 0 aromatic carbocycles. The Labute approximate surface area is 238 Å². The Kier molecular flexibility index (Phi) is 23.2. The van der Waals surface area contributed by atoms with Crippen molar-refractivity contribution in [1.29, 1.82) is 0 Å². The van der Waals surface area contributed by atoms with E-state index in [1.165, 1.54) is 97.0 Å². The SMILES string of the molecule is CCCCCCCCCCCCCCCCC(C)SCC(COP(=O)(O)OCC[N+](C)(C)C)OC(=O)OC. The van der Waals surface area contributed by atoms with E-state index in [4.69, 9.17) is 13.8 Å². The second kappa shape index (κ2) is 23.4. The predicted molar refractivity (Wildman–Crippen MR) is 159 cm³/mol. The summed E-state index contributed by atoms with van der Waals surface area (Å²) in [6.07, 6.45) is 18.4. The first kappa shape index (κ1) is 37.7. The van der Waals surface area contributed by atoms with Crippen molar-refractivity contribution in [2.75, 3.05) is 53.8 Å². The minimum Gasteiger partial charge on any atom is -0.438 e. The lowest BCUT2D eigenvalue weighted by molar-refractivity contribution is -0.870. The summed E-state index contributed by atoms with van der Waals surface area (Å²) in [5.41, 5.74) is 0. The summed E-state index contributed by atoms with van der Waals surface area (Å²) in [5, 5.41) is 0.387. The van der Waals surface area contributed by atoms with Gasteiger partial charge in [0.15, 0.2) is 0 Å². The van der Waals surface area contributed by atoms with Crippen LogP contribution in [0.15, 0.2) is 0 Å². The van der Waals surface area contributed by atoms with Gasteiger partial charge in [-0.3, -0.25) is 9.05 Å². The van der Waals surface area contributed by atoms with E-state index in [1.54, 1.807) is 11.8 Å². The molecule has 0 aromatic rings. The van der Waals surface area contributed by atoms with Crippen molar-refractivity contribution in [2.45, 2.75) is 122 Å². The molecule has 0 spiro atoms. The Balaban J connectivity index is 4.00. The van der Waals surface area contributed by atoms with Crippen molar-refractivity contribution in [2.24, 2.45) is 0 Å². The van der Waals surface area contributed by atoms with Crippen LogP contribution in [0.4, 0.5) is 4.79 Å². The van der Waals surface area contributed by atoms with Crippen LogP contribution in [0.25, 0.3) is 0 Å². The van der Waals surface area contributed by atoms with Crippen LogP contribution in [0, 0.1) is 0 Å². The number of phosphoric acid groups is 1. The maximum absolute atomic E-state index is 12.2. The fourth-order valence-electron chi connectivity index (χ4n) is 3.93. The van der Waals surface area contributed by atoms with Gasteiger partial charge >= 0.3 is 14.0 Å². The van der Waals surface area contributed by atoms with E-state index in [1.807, 2.05) is 21.1 Å². The summed E-state index contributed by atoms with van der Waals surface area (Å²) in [5.74, 6) is 0.452. The average molecular weight is 585 g/mol. The molecule has 8 nitrogen and oxygen atoms in total. The fraction of sp³-hybridized carbons (Fsp3) is 0.964. The van der Waals surface area contributed by atoms with Gasteiger partial charge in [0, 0.05) is 11.0 Å². The standard InChI is InChI=1S/C28H58NO7PS/c1-7-8-9-10-11-12-13-14-15-16-17-18-19-20-21-26(2)38-25-27(36-28(30)33-6)24-35-37(31,32)34-23-22-29(3,4)5/h26-27H,7-25H2,1-6H3/p+1. The van der Waals surface area contributed by atoms with Crippen LogP contribution in [-0.2, 0) is 23.1 Å². The number of quaternary nitrogens is 1. The van der Waals surface area contributed by atoms with Crippen LogP contribution in [0.2, 0.25) is 0 Å². The average Bonchev–Trinajstić information content (AvgIpc) is 2.84. The first-order valence-electron chi connectivity index (χ1n) is 14.8. The number of thioether (sulfide) groups is 1. The van der Waals surface area contributed by atoms with Crippen LogP contribution < -0.4 is 0 Å². The number of likely N-dealkylation sites (N-methyl/N-ethyl adjacent to an activating group) is 1. The number of carbonyl (C=O) groups excluding carboxylic acids is 1. The smallest absolute Gasteiger partial charge is 0.438 e. The molecule has 0 saturated heterocycles. The van der Waals surface area contributed by atoms with Crippen LogP contribution in [0.5, 0.6) is 0 Å². The third-order valence-electron chi connectivity index (χ3n) is 6.40. The Morgan fingerprint density at radius 3 is 1.84 bits per heavy atom. The second-order valence-corrected chi connectivity index (χ2v) is 14.3. The third kappa shape index (κ3) is 25.9. The van der Waals surface area contributed by atoms with Gasteiger partial charge in [0.25, 0.3) is 0 Å². The number of carbonyl (C=O) groups is 1. The van der Waals surface area contributed by atoms with Crippen LogP contribution in [0.3, 0.4) is 0 Å². The van der Waals surface area contributed by atoms with E-state index in [2.05, 4.69) is 18.6 Å². The normalized spacial score (nSPS) is 15.1. The van der Waals surface area contributed by atoms with Crippen LogP contribution in [0.1, 0.15) is 110 Å². The van der Waals surface area contributed by atoms with Crippen molar-refractivity contribution in [3.63, 3.8) is 0 Å². The molecule has 1 N–H and O–H groups in total. The topological polar surface area (TPSA) is 91.3 Å². The van der Waals surface area contributed by atoms with Gasteiger partial charge in [-0.1, -0.05) is 104 Å². The van der Waals surface area contributed by atoms with Gasteiger partial charge in [-0.05, 0) is 6.42 Å². The van der Waals surface area contributed by atoms with Crippen molar-refractivity contribution < 1.29 is 37.3 Å². The molecule has 38 heavy (non-hydrogen) atoms. The lowest BCUT2D eigenvalue weighted by atomic mass is 10.0. The Hall–Kier alpha value is -0.310. The van der Waals surface area contributed by atoms with E-state index in [0.717, 1.165) is 6.42 Å². The molecule has 0 heterocycles. The van der Waals surface area contributed by atoms with E-state index >= 15 is 0 Å². The molecular weight excluding hydrogens is 525 g/mol. The van der Waals surface area contributed by atoms with Gasteiger partial charge in [0.1, 0.15) is 19.3 Å². The van der Waals surface area contributed by atoms with E-state index in [-0.39, 0.29) is 13.2 Å². The molecule has 0 saturated carbocycles. The van der Waals surface area contributed by atoms with Crippen molar-refractivity contribution in [3.05, 3.63) is 0 Å². The first-order valence-corrected chi connectivity index (χ1v) is 17.3. The highest BCUT2D eigenvalue weighted by atomic mass is 32.2. The highest BCUT2D eigenvalue weighted by molar-refractivity contribution is 7.99. The zero-order valence-corrected chi connectivity index (χ0v) is 27.0. The van der Waals surface area contributed by atoms with Crippen molar-refractivity contribution >= 4 is 25.7 Å². The zero-order valence-electron chi connectivity index (χ0n) is 25.3. The molecule has 10 heteroatoms.